The Morgan fingerprint density at radius 3 is 2.74 bits per heavy atom. The van der Waals surface area contributed by atoms with Gasteiger partial charge >= 0.3 is 5.97 Å². The topological polar surface area (TPSA) is 60.9 Å². The molecule has 0 spiro atoms. The van der Waals surface area contributed by atoms with Crippen molar-refractivity contribution in [1.29, 1.82) is 0 Å². The van der Waals surface area contributed by atoms with E-state index in [1.165, 1.54) is 5.56 Å². The van der Waals surface area contributed by atoms with Crippen molar-refractivity contribution in [2.45, 2.75) is 32.2 Å². The van der Waals surface area contributed by atoms with Gasteiger partial charge in [0.25, 0.3) is 0 Å². The number of amides is 1. The fourth-order valence-electron chi connectivity index (χ4n) is 3.51. The Morgan fingerprint density at radius 1 is 1.26 bits per heavy atom. The van der Waals surface area contributed by atoms with Gasteiger partial charge in [0.2, 0.25) is 5.91 Å². The molecule has 0 saturated carbocycles. The van der Waals surface area contributed by atoms with E-state index in [1.54, 1.807) is 0 Å². The summed E-state index contributed by atoms with van der Waals surface area (Å²) < 4.78 is 0. The van der Waals surface area contributed by atoms with Crippen LogP contribution in [0.1, 0.15) is 25.3 Å². The minimum Gasteiger partial charge on any atom is -0.481 e. The number of carbonyl (C=O) groups is 2. The second kappa shape index (κ2) is 7.32. The van der Waals surface area contributed by atoms with E-state index in [0.29, 0.717) is 13.0 Å². The number of anilines is 1. The van der Waals surface area contributed by atoms with Crippen LogP contribution >= 0.6 is 12.4 Å². The summed E-state index contributed by atoms with van der Waals surface area (Å²) in [7, 11) is 0. The van der Waals surface area contributed by atoms with Gasteiger partial charge < -0.3 is 10.0 Å². The molecule has 0 radical (unpaired) electrons. The number of hydrogen-bond acceptors (Lipinski definition) is 3. The minimum atomic E-state index is -0.754. The molecule has 0 aromatic heterocycles. The molecule has 6 heteroatoms. The molecule has 2 aliphatic heterocycles. The fourth-order valence-corrected chi connectivity index (χ4v) is 3.51. The van der Waals surface area contributed by atoms with E-state index in [2.05, 4.69) is 6.07 Å². The van der Waals surface area contributed by atoms with Gasteiger partial charge in [-0.2, -0.15) is 0 Å². The van der Waals surface area contributed by atoms with Gasteiger partial charge in [-0.15, -0.1) is 12.4 Å². The highest BCUT2D eigenvalue weighted by Gasteiger charge is 2.34. The number of benzene rings is 1. The number of aliphatic carboxylic acids is 1. The highest BCUT2D eigenvalue weighted by molar-refractivity contribution is 5.98. The Morgan fingerprint density at radius 2 is 2.00 bits per heavy atom. The molecule has 1 N–H and O–H groups in total. The maximum absolute atomic E-state index is 12.8. The van der Waals surface area contributed by atoms with Gasteiger partial charge in [0.15, 0.2) is 0 Å². The monoisotopic (exact) mass is 338 g/mol. The number of carbonyl (C=O) groups excluding carboxylic acids is 1. The molecule has 2 unspecified atom stereocenters. The summed E-state index contributed by atoms with van der Waals surface area (Å²) in [5.74, 6) is -1.03. The van der Waals surface area contributed by atoms with Crippen LogP contribution < -0.4 is 4.90 Å². The number of carboxylic acid groups (broad SMARTS) is 1. The van der Waals surface area contributed by atoms with Crippen molar-refractivity contribution in [3.05, 3.63) is 29.8 Å². The van der Waals surface area contributed by atoms with E-state index < -0.39 is 5.97 Å². The Bertz CT molecular complexity index is 593. The highest BCUT2D eigenvalue weighted by Crippen LogP contribution is 2.29. The molecule has 1 amide bonds. The summed E-state index contributed by atoms with van der Waals surface area (Å²) in [5.41, 5.74) is 2.22. The first-order chi connectivity index (χ1) is 10.6. The molecule has 3 rings (SSSR count). The molecule has 2 heterocycles. The van der Waals surface area contributed by atoms with Crippen LogP contribution in [0.3, 0.4) is 0 Å². The van der Waals surface area contributed by atoms with E-state index >= 15 is 0 Å². The Labute approximate surface area is 142 Å². The number of hydrogen-bond donors (Lipinski definition) is 1. The Hall–Kier alpha value is -1.59. The molecule has 23 heavy (non-hydrogen) atoms. The lowest BCUT2D eigenvalue weighted by atomic mass is 9.97. The van der Waals surface area contributed by atoms with Gasteiger partial charge in [-0.25, -0.2) is 0 Å². The summed E-state index contributed by atoms with van der Waals surface area (Å²) in [4.78, 5) is 27.9. The van der Waals surface area contributed by atoms with E-state index in [9.17, 15) is 14.7 Å². The molecule has 1 aromatic rings. The fraction of sp³-hybridized carbons (Fsp3) is 0.529. The van der Waals surface area contributed by atoms with Crippen LogP contribution in [-0.2, 0) is 16.0 Å². The summed E-state index contributed by atoms with van der Waals surface area (Å²) in [5, 5.41) is 9.20. The van der Waals surface area contributed by atoms with Gasteiger partial charge in [0.05, 0.1) is 12.0 Å². The van der Waals surface area contributed by atoms with Crippen LogP contribution in [0.2, 0.25) is 0 Å². The third-order valence-electron chi connectivity index (χ3n) is 4.86. The molecule has 1 fully saturated rings. The summed E-state index contributed by atoms with van der Waals surface area (Å²) >= 11 is 0. The van der Waals surface area contributed by atoms with Gasteiger partial charge in [-0.05, 0) is 44.4 Å². The molecular formula is C17H23ClN2O3. The normalized spacial score (nSPS) is 22.1. The summed E-state index contributed by atoms with van der Waals surface area (Å²) in [6, 6.07) is 7.74. The molecule has 1 saturated heterocycles. The van der Waals surface area contributed by atoms with Gasteiger partial charge in [0.1, 0.15) is 0 Å². The zero-order valence-electron chi connectivity index (χ0n) is 13.3. The molecule has 0 bridgehead atoms. The van der Waals surface area contributed by atoms with Crippen molar-refractivity contribution in [3.63, 3.8) is 0 Å². The zero-order valence-corrected chi connectivity index (χ0v) is 14.1. The number of halogens is 1. The third-order valence-corrected chi connectivity index (χ3v) is 4.86. The molecule has 5 nitrogen and oxygen atoms in total. The van der Waals surface area contributed by atoms with Gasteiger partial charge in [-0.3, -0.25) is 14.5 Å². The van der Waals surface area contributed by atoms with Crippen LogP contribution in [0, 0.1) is 5.92 Å². The third kappa shape index (κ3) is 3.51. The van der Waals surface area contributed by atoms with Crippen molar-refractivity contribution in [1.82, 2.24) is 4.90 Å². The van der Waals surface area contributed by atoms with Crippen molar-refractivity contribution in [3.8, 4) is 0 Å². The highest BCUT2D eigenvalue weighted by atomic mass is 35.5. The predicted octanol–water partition coefficient (Wildman–Crippen LogP) is 2.18. The maximum Gasteiger partial charge on any atom is 0.307 e. The van der Waals surface area contributed by atoms with Crippen LogP contribution in [0.15, 0.2) is 24.3 Å². The molecule has 2 aliphatic rings. The number of likely N-dealkylation sites (tertiary alicyclic amines) is 1. The Kier molecular flexibility index (Phi) is 5.65. The van der Waals surface area contributed by atoms with E-state index in [4.69, 9.17) is 0 Å². The molecular weight excluding hydrogens is 316 g/mol. The molecule has 1 aromatic carbocycles. The van der Waals surface area contributed by atoms with Gasteiger partial charge in [0, 0.05) is 18.8 Å². The molecule has 126 valence electrons. The number of fused-ring (bicyclic) bond motifs is 1. The van der Waals surface area contributed by atoms with Crippen molar-refractivity contribution < 1.29 is 14.7 Å². The second-order valence-corrected chi connectivity index (χ2v) is 6.22. The quantitative estimate of drug-likeness (QED) is 0.917. The van der Waals surface area contributed by atoms with E-state index in [1.807, 2.05) is 34.9 Å². The first-order valence-electron chi connectivity index (χ1n) is 7.94. The maximum atomic E-state index is 12.8. The lowest BCUT2D eigenvalue weighted by Gasteiger charge is -2.36. The van der Waals surface area contributed by atoms with Crippen molar-refractivity contribution >= 4 is 30.0 Å². The number of rotatable bonds is 3. The van der Waals surface area contributed by atoms with E-state index in [-0.39, 0.29) is 30.3 Å². The summed E-state index contributed by atoms with van der Waals surface area (Å²) in [6.45, 7) is 3.89. The number of para-hydroxylation sites is 1. The SMILES string of the molecule is CC(C(=O)N1CCc2ccccc21)N1CCCC(C(=O)O)C1.Cl. The standard InChI is InChI=1S/C17H22N2O3.ClH/c1-12(18-9-4-6-14(11-18)17(21)22)16(20)19-10-8-13-5-2-3-7-15(13)19;/h2-3,5,7,12,14H,4,6,8-11H2,1H3,(H,21,22);1H. The average Bonchev–Trinajstić information content (AvgIpc) is 2.97. The van der Waals surface area contributed by atoms with Crippen LogP contribution in [-0.4, -0.2) is 47.6 Å². The van der Waals surface area contributed by atoms with Crippen LogP contribution in [0.25, 0.3) is 0 Å². The first-order valence-corrected chi connectivity index (χ1v) is 7.94. The Balaban J connectivity index is 0.00000192. The van der Waals surface area contributed by atoms with Crippen LogP contribution in [0.5, 0.6) is 0 Å². The van der Waals surface area contributed by atoms with Crippen molar-refractivity contribution in [2.75, 3.05) is 24.5 Å². The largest absolute Gasteiger partial charge is 0.481 e. The van der Waals surface area contributed by atoms with Gasteiger partial charge in [-0.1, -0.05) is 18.2 Å². The molecule has 0 aliphatic carbocycles. The second-order valence-electron chi connectivity index (χ2n) is 6.22. The van der Waals surface area contributed by atoms with Crippen LogP contribution in [0.4, 0.5) is 5.69 Å². The average molecular weight is 339 g/mol. The lowest BCUT2D eigenvalue weighted by Crippen LogP contribution is -2.51. The molecule has 2 atom stereocenters. The number of nitrogens with zero attached hydrogens (tertiary/aromatic N) is 2. The van der Waals surface area contributed by atoms with E-state index in [0.717, 1.165) is 31.6 Å². The smallest absolute Gasteiger partial charge is 0.307 e. The first kappa shape index (κ1) is 17.8. The number of carboxylic acids is 1. The minimum absolute atomic E-state index is 0. The predicted molar refractivity (Wildman–Crippen MR) is 91.1 cm³/mol. The van der Waals surface area contributed by atoms with Crippen molar-refractivity contribution in [2.24, 2.45) is 5.92 Å². The zero-order chi connectivity index (χ0) is 15.7. The summed E-state index contributed by atoms with van der Waals surface area (Å²) in [6.07, 6.45) is 2.44. The number of piperidine rings is 1. The lowest BCUT2D eigenvalue weighted by molar-refractivity contribution is -0.144.